The number of aromatic nitrogens is 1. The molecule has 0 unspecified atom stereocenters. The zero-order valence-electron chi connectivity index (χ0n) is 8.47. The largest absolute Gasteiger partial charge is 0.480 e. The monoisotopic (exact) mass is 204 g/mol. The standard InChI is InChI=1S/C11H12N2O2/c1-3-6-13(8-11(14)15)10-4-5-12-9(2)7-10/h1,4-5,7H,6,8H2,2H3,(H,14,15). The van der Waals surface area contributed by atoms with Gasteiger partial charge in [-0.3, -0.25) is 9.78 Å². The Kier molecular flexibility index (Phi) is 3.69. The molecule has 4 nitrogen and oxygen atoms in total. The second-order valence-electron chi connectivity index (χ2n) is 3.11. The van der Waals surface area contributed by atoms with E-state index in [-0.39, 0.29) is 13.1 Å². The molecule has 0 aromatic carbocycles. The van der Waals surface area contributed by atoms with Gasteiger partial charge in [0.05, 0.1) is 6.54 Å². The van der Waals surface area contributed by atoms with Crippen LogP contribution < -0.4 is 4.90 Å². The minimum Gasteiger partial charge on any atom is -0.480 e. The Morgan fingerprint density at radius 2 is 2.47 bits per heavy atom. The average Bonchev–Trinajstić information content (AvgIpc) is 2.16. The molecule has 0 radical (unpaired) electrons. The predicted octanol–water partition coefficient (Wildman–Crippen LogP) is 0.914. The van der Waals surface area contributed by atoms with Crippen LogP contribution in [0.15, 0.2) is 18.3 Å². The minimum absolute atomic E-state index is 0.104. The van der Waals surface area contributed by atoms with Gasteiger partial charge in [-0.1, -0.05) is 5.92 Å². The molecule has 0 aliphatic carbocycles. The van der Waals surface area contributed by atoms with Crippen molar-refractivity contribution in [2.24, 2.45) is 0 Å². The molecule has 0 fully saturated rings. The number of aliphatic carboxylic acids is 1. The first-order valence-electron chi connectivity index (χ1n) is 4.46. The molecule has 0 saturated carbocycles. The summed E-state index contributed by atoms with van der Waals surface area (Å²) >= 11 is 0. The lowest BCUT2D eigenvalue weighted by Gasteiger charge is -2.20. The highest BCUT2D eigenvalue weighted by molar-refractivity contribution is 5.73. The molecule has 0 bridgehead atoms. The van der Waals surface area contributed by atoms with E-state index in [4.69, 9.17) is 11.5 Å². The van der Waals surface area contributed by atoms with Crippen LogP contribution in [0.25, 0.3) is 0 Å². The van der Waals surface area contributed by atoms with Gasteiger partial charge in [-0.05, 0) is 19.1 Å². The maximum atomic E-state index is 10.6. The summed E-state index contributed by atoms with van der Waals surface area (Å²) in [5.74, 6) is 1.53. The Labute approximate surface area is 88.6 Å². The van der Waals surface area contributed by atoms with Gasteiger partial charge in [0.2, 0.25) is 0 Å². The molecule has 0 saturated heterocycles. The van der Waals surface area contributed by atoms with Crippen LogP contribution in [-0.4, -0.2) is 29.1 Å². The van der Waals surface area contributed by atoms with Gasteiger partial charge in [0, 0.05) is 17.6 Å². The van der Waals surface area contributed by atoms with Crippen LogP contribution in [0, 0.1) is 19.3 Å². The van der Waals surface area contributed by atoms with Gasteiger partial charge in [0.25, 0.3) is 0 Å². The molecule has 0 amide bonds. The van der Waals surface area contributed by atoms with Gasteiger partial charge < -0.3 is 10.0 Å². The topological polar surface area (TPSA) is 53.4 Å². The first-order valence-corrected chi connectivity index (χ1v) is 4.46. The zero-order chi connectivity index (χ0) is 11.3. The van der Waals surface area contributed by atoms with E-state index in [0.29, 0.717) is 0 Å². The number of nitrogens with zero attached hydrogens (tertiary/aromatic N) is 2. The van der Waals surface area contributed by atoms with E-state index in [2.05, 4.69) is 10.9 Å². The van der Waals surface area contributed by atoms with Gasteiger partial charge in [0.15, 0.2) is 0 Å². The number of carboxylic acids is 1. The van der Waals surface area contributed by atoms with E-state index < -0.39 is 5.97 Å². The Morgan fingerprint density at radius 1 is 1.73 bits per heavy atom. The van der Waals surface area contributed by atoms with Crippen molar-refractivity contribution >= 4 is 11.7 Å². The van der Waals surface area contributed by atoms with Crippen LogP contribution in [0.1, 0.15) is 5.69 Å². The predicted molar refractivity (Wildman–Crippen MR) is 57.7 cm³/mol. The fourth-order valence-corrected chi connectivity index (χ4v) is 1.24. The van der Waals surface area contributed by atoms with Crippen molar-refractivity contribution in [2.45, 2.75) is 6.92 Å². The van der Waals surface area contributed by atoms with E-state index in [1.54, 1.807) is 23.2 Å². The van der Waals surface area contributed by atoms with Crippen LogP contribution in [0.3, 0.4) is 0 Å². The summed E-state index contributed by atoms with van der Waals surface area (Å²) in [6, 6.07) is 3.55. The number of hydrogen-bond acceptors (Lipinski definition) is 3. The van der Waals surface area contributed by atoms with E-state index in [1.807, 2.05) is 6.92 Å². The summed E-state index contributed by atoms with van der Waals surface area (Å²) in [6.45, 7) is 2.02. The zero-order valence-corrected chi connectivity index (χ0v) is 8.47. The number of rotatable bonds is 4. The van der Waals surface area contributed by atoms with Crippen LogP contribution in [-0.2, 0) is 4.79 Å². The van der Waals surface area contributed by atoms with Crippen molar-refractivity contribution in [3.63, 3.8) is 0 Å². The van der Waals surface area contributed by atoms with Crippen molar-refractivity contribution in [3.05, 3.63) is 24.0 Å². The number of pyridine rings is 1. The van der Waals surface area contributed by atoms with Gasteiger partial charge in [-0.2, -0.15) is 0 Å². The lowest BCUT2D eigenvalue weighted by Crippen LogP contribution is -2.30. The lowest BCUT2D eigenvalue weighted by molar-refractivity contribution is -0.135. The Hall–Kier alpha value is -2.02. The third kappa shape index (κ3) is 3.31. The Bertz CT molecular complexity index is 396. The van der Waals surface area contributed by atoms with Crippen LogP contribution in [0.5, 0.6) is 0 Å². The van der Waals surface area contributed by atoms with E-state index in [0.717, 1.165) is 11.4 Å². The van der Waals surface area contributed by atoms with Crippen LogP contribution >= 0.6 is 0 Å². The highest BCUT2D eigenvalue weighted by Crippen LogP contribution is 2.13. The third-order valence-corrected chi connectivity index (χ3v) is 1.85. The first-order chi connectivity index (χ1) is 7.13. The van der Waals surface area contributed by atoms with Gasteiger partial charge in [-0.15, -0.1) is 6.42 Å². The van der Waals surface area contributed by atoms with E-state index in [1.165, 1.54) is 0 Å². The summed E-state index contributed by atoms with van der Waals surface area (Å²) in [4.78, 5) is 16.3. The van der Waals surface area contributed by atoms with Crippen molar-refractivity contribution in [1.82, 2.24) is 4.98 Å². The Balaban J connectivity index is 2.89. The quantitative estimate of drug-likeness (QED) is 0.741. The highest BCUT2D eigenvalue weighted by atomic mass is 16.4. The Morgan fingerprint density at radius 3 is 3.00 bits per heavy atom. The second kappa shape index (κ2) is 5.01. The summed E-state index contributed by atoms with van der Waals surface area (Å²) in [7, 11) is 0. The maximum Gasteiger partial charge on any atom is 0.323 e. The van der Waals surface area contributed by atoms with Crippen molar-refractivity contribution in [3.8, 4) is 12.3 Å². The maximum absolute atomic E-state index is 10.6. The smallest absolute Gasteiger partial charge is 0.323 e. The number of aryl methyl sites for hydroxylation is 1. The minimum atomic E-state index is -0.903. The molecule has 0 spiro atoms. The number of anilines is 1. The molecule has 1 aromatic heterocycles. The molecular formula is C11H12N2O2. The number of hydrogen-bond donors (Lipinski definition) is 1. The van der Waals surface area contributed by atoms with E-state index in [9.17, 15) is 4.79 Å². The number of carboxylic acid groups (broad SMARTS) is 1. The van der Waals surface area contributed by atoms with Crippen LogP contribution in [0.2, 0.25) is 0 Å². The fourth-order valence-electron chi connectivity index (χ4n) is 1.24. The third-order valence-electron chi connectivity index (χ3n) is 1.85. The summed E-state index contributed by atoms with van der Waals surface area (Å²) < 4.78 is 0. The first kappa shape index (κ1) is 11.1. The molecule has 15 heavy (non-hydrogen) atoms. The van der Waals surface area contributed by atoms with Crippen LogP contribution in [0.4, 0.5) is 5.69 Å². The van der Waals surface area contributed by atoms with Crippen molar-refractivity contribution in [2.75, 3.05) is 18.0 Å². The molecule has 1 rings (SSSR count). The van der Waals surface area contributed by atoms with E-state index >= 15 is 0 Å². The summed E-state index contributed by atoms with van der Waals surface area (Å²) in [6.07, 6.45) is 6.82. The van der Waals surface area contributed by atoms with Crippen molar-refractivity contribution in [1.29, 1.82) is 0 Å². The second-order valence-corrected chi connectivity index (χ2v) is 3.11. The van der Waals surface area contributed by atoms with Gasteiger partial charge in [-0.25, -0.2) is 0 Å². The lowest BCUT2D eigenvalue weighted by atomic mass is 10.3. The molecule has 4 heteroatoms. The summed E-state index contributed by atoms with van der Waals surface area (Å²) in [5, 5.41) is 8.72. The average molecular weight is 204 g/mol. The number of terminal acetylenes is 1. The molecule has 0 aliphatic heterocycles. The molecule has 0 atom stereocenters. The molecule has 1 N–H and O–H groups in total. The molecule has 0 aliphatic rings. The fraction of sp³-hybridized carbons (Fsp3) is 0.273. The highest BCUT2D eigenvalue weighted by Gasteiger charge is 2.09. The van der Waals surface area contributed by atoms with Gasteiger partial charge in [0.1, 0.15) is 6.54 Å². The van der Waals surface area contributed by atoms with Crippen molar-refractivity contribution < 1.29 is 9.90 Å². The molecule has 78 valence electrons. The SMILES string of the molecule is C#CCN(CC(=O)O)c1ccnc(C)c1. The van der Waals surface area contributed by atoms with Gasteiger partial charge >= 0.3 is 5.97 Å². The molecule has 1 heterocycles. The molecule has 1 aromatic rings. The number of carbonyl (C=O) groups is 1. The summed E-state index contributed by atoms with van der Waals surface area (Å²) in [5.41, 5.74) is 1.61. The molecular weight excluding hydrogens is 192 g/mol. The normalized spacial score (nSPS) is 9.33.